The van der Waals surface area contributed by atoms with Gasteiger partial charge in [0.1, 0.15) is 18.1 Å². The molecule has 0 radical (unpaired) electrons. The molecular formula is C22H16ClNO4. The Balaban J connectivity index is 1.51. The second kappa shape index (κ2) is 7.74. The number of hydrogen-bond acceptors (Lipinski definition) is 4. The number of furan rings is 1. The van der Waals surface area contributed by atoms with Crippen LogP contribution in [-0.4, -0.2) is 25.0 Å². The van der Waals surface area contributed by atoms with E-state index in [1.807, 2.05) is 24.3 Å². The molecule has 0 atom stereocenters. The van der Waals surface area contributed by atoms with Crippen molar-refractivity contribution < 1.29 is 18.7 Å². The Morgan fingerprint density at radius 3 is 2.71 bits per heavy atom. The van der Waals surface area contributed by atoms with Crippen molar-refractivity contribution in [3.05, 3.63) is 83.1 Å². The number of nitrogens with zero attached hydrogens (tertiary/aromatic N) is 1. The minimum Gasteiger partial charge on any atom is -0.457 e. The first-order chi connectivity index (χ1) is 13.6. The average Bonchev–Trinajstić information content (AvgIpc) is 3.35. The molecule has 28 heavy (non-hydrogen) atoms. The molecule has 1 saturated heterocycles. The van der Waals surface area contributed by atoms with E-state index in [1.165, 1.54) is 11.0 Å². The minimum absolute atomic E-state index is 0.190. The average molecular weight is 394 g/mol. The number of hydrogen-bond donors (Lipinski definition) is 0. The van der Waals surface area contributed by atoms with Gasteiger partial charge in [-0.1, -0.05) is 35.9 Å². The Bertz CT molecular complexity index is 1070. The zero-order chi connectivity index (χ0) is 19.5. The molecule has 3 aromatic rings. The molecule has 0 spiro atoms. The van der Waals surface area contributed by atoms with E-state index in [9.17, 15) is 9.59 Å². The summed E-state index contributed by atoms with van der Waals surface area (Å²) < 4.78 is 10.7. The lowest BCUT2D eigenvalue weighted by molar-refractivity contribution is 0.104. The quantitative estimate of drug-likeness (QED) is 0.427. The lowest BCUT2D eigenvalue weighted by Crippen LogP contribution is -2.23. The van der Waals surface area contributed by atoms with Crippen molar-refractivity contribution in [2.75, 3.05) is 18.1 Å². The van der Waals surface area contributed by atoms with Gasteiger partial charge >= 0.3 is 6.09 Å². The van der Waals surface area contributed by atoms with Crippen LogP contribution < -0.4 is 4.90 Å². The van der Waals surface area contributed by atoms with Gasteiger partial charge in [0.15, 0.2) is 5.78 Å². The van der Waals surface area contributed by atoms with Crippen molar-refractivity contribution in [1.82, 2.24) is 0 Å². The molecule has 140 valence electrons. The normalized spacial score (nSPS) is 13.9. The summed E-state index contributed by atoms with van der Waals surface area (Å²) in [6.07, 6.45) is 2.65. The van der Waals surface area contributed by atoms with Crippen LogP contribution >= 0.6 is 11.6 Å². The fourth-order valence-corrected chi connectivity index (χ4v) is 3.19. The van der Waals surface area contributed by atoms with Gasteiger partial charge in [0, 0.05) is 16.8 Å². The summed E-state index contributed by atoms with van der Waals surface area (Å²) in [5, 5.41) is 0.598. The standard InChI is InChI=1S/C22H16ClNO4/c23-19-7-2-1-6-18(19)21-11-9-17(28-21)8-10-20(25)15-4-3-5-16(14-15)24-12-13-27-22(24)26/h1-11,14H,12-13H2/b10-8+. The smallest absolute Gasteiger partial charge is 0.414 e. The van der Waals surface area contributed by atoms with Crippen molar-refractivity contribution in [3.63, 3.8) is 0 Å². The Kier molecular flexibility index (Phi) is 5.00. The summed E-state index contributed by atoms with van der Waals surface area (Å²) in [4.78, 5) is 25.7. The Morgan fingerprint density at radius 1 is 1.07 bits per heavy atom. The summed E-state index contributed by atoms with van der Waals surface area (Å²) in [5.74, 6) is 0.986. The first-order valence-electron chi connectivity index (χ1n) is 8.73. The summed E-state index contributed by atoms with van der Waals surface area (Å²) in [6.45, 7) is 0.826. The number of cyclic esters (lactones) is 1. The highest BCUT2D eigenvalue weighted by molar-refractivity contribution is 6.33. The molecule has 1 aromatic heterocycles. The fourth-order valence-electron chi connectivity index (χ4n) is 2.96. The molecule has 6 heteroatoms. The van der Waals surface area contributed by atoms with E-state index in [4.69, 9.17) is 20.8 Å². The van der Waals surface area contributed by atoms with E-state index in [1.54, 1.807) is 42.5 Å². The summed E-state index contributed by atoms with van der Waals surface area (Å²) in [5.41, 5.74) is 1.91. The highest BCUT2D eigenvalue weighted by atomic mass is 35.5. The Morgan fingerprint density at radius 2 is 1.93 bits per heavy atom. The number of ether oxygens (including phenoxy) is 1. The predicted molar refractivity (Wildman–Crippen MR) is 108 cm³/mol. The van der Waals surface area contributed by atoms with Crippen molar-refractivity contribution >= 4 is 35.2 Å². The number of allylic oxidation sites excluding steroid dienone is 1. The lowest BCUT2D eigenvalue weighted by atomic mass is 10.1. The van der Waals surface area contributed by atoms with Gasteiger partial charge in [-0.15, -0.1) is 0 Å². The maximum absolute atomic E-state index is 12.5. The van der Waals surface area contributed by atoms with Crippen LogP contribution in [0.5, 0.6) is 0 Å². The molecular weight excluding hydrogens is 378 g/mol. The monoisotopic (exact) mass is 393 g/mol. The second-order valence-electron chi connectivity index (χ2n) is 6.20. The molecule has 0 bridgehead atoms. The molecule has 2 aromatic carbocycles. The Hall–Kier alpha value is -3.31. The topological polar surface area (TPSA) is 59.8 Å². The molecule has 5 nitrogen and oxygen atoms in total. The zero-order valence-corrected chi connectivity index (χ0v) is 15.6. The maximum Gasteiger partial charge on any atom is 0.414 e. The molecule has 4 rings (SSSR count). The third-order valence-electron chi connectivity index (χ3n) is 4.37. The van der Waals surface area contributed by atoms with Crippen LogP contribution in [-0.2, 0) is 4.74 Å². The summed E-state index contributed by atoms with van der Waals surface area (Å²) in [7, 11) is 0. The highest BCUT2D eigenvalue weighted by Crippen LogP contribution is 2.29. The van der Waals surface area contributed by atoms with E-state index < -0.39 is 6.09 Å². The van der Waals surface area contributed by atoms with Gasteiger partial charge in [-0.25, -0.2) is 4.79 Å². The molecule has 0 unspecified atom stereocenters. The van der Waals surface area contributed by atoms with Crippen molar-refractivity contribution in [2.24, 2.45) is 0 Å². The molecule has 1 amide bonds. The van der Waals surface area contributed by atoms with Crippen LogP contribution in [0.2, 0.25) is 5.02 Å². The van der Waals surface area contributed by atoms with Crippen LogP contribution in [0.3, 0.4) is 0 Å². The predicted octanol–water partition coefficient (Wildman–Crippen LogP) is 5.45. The highest BCUT2D eigenvalue weighted by Gasteiger charge is 2.23. The van der Waals surface area contributed by atoms with Gasteiger partial charge in [-0.3, -0.25) is 9.69 Å². The van der Waals surface area contributed by atoms with E-state index >= 15 is 0 Å². The zero-order valence-electron chi connectivity index (χ0n) is 14.8. The van der Waals surface area contributed by atoms with Crippen LogP contribution in [0.4, 0.5) is 10.5 Å². The molecule has 1 fully saturated rings. The number of amides is 1. The summed E-state index contributed by atoms with van der Waals surface area (Å²) in [6, 6.07) is 17.9. The third kappa shape index (κ3) is 3.70. The Labute approximate surface area is 166 Å². The van der Waals surface area contributed by atoms with Crippen LogP contribution in [0.1, 0.15) is 16.1 Å². The number of halogens is 1. The second-order valence-corrected chi connectivity index (χ2v) is 6.60. The number of carbonyl (C=O) groups is 2. The fraction of sp³-hybridized carbons (Fsp3) is 0.0909. The van der Waals surface area contributed by atoms with Gasteiger partial charge in [-0.05, 0) is 48.6 Å². The number of carbonyl (C=O) groups excluding carboxylic acids is 2. The summed E-state index contributed by atoms with van der Waals surface area (Å²) >= 11 is 6.19. The molecule has 1 aliphatic rings. The van der Waals surface area contributed by atoms with E-state index in [0.717, 1.165) is 5.56 Å². The van der Waals surface area contributed by atoms with Gasteiger partial charge in [-0.2, -0.15) is 0 Å². The van der Waals surface area contributed by atoms with Gasteiger partial charge < -0.3 is 9.15 Å². The van der Waals surface area contributed by atoms with Gasteiger partial charge in [0.2, 0.25) is 0 Å². The van der Waals surface area contributed by atoms with Crippen LogP contribution in [0.15, 0.2) is 71.2 Å². The lowest BCUT2D eigenvalue weighted by Gasteiger charge is -2.13. The van der Waals surface area contributed by atoms with E-state index in [0.29, 0.717) is 40.9 Å². The van der Waals surface area contributed by atoms with Gasteiger partial charge in [0.05, 0.1) is 11.6 Å². The number of rotatable bonds is 5. The largest absolute Gasteiger partial charge is 0.457 e. The van der Waals surface area contributed by atoms with E-state index in [-0.39, 0.29) is 5.78 Å². The maximum atomic E-state index is 12.5. The first-order valence-corrected chi connectivity index (χ1v) is 9.11. The number of benzene rings is 2. The van der Waals surface area contributed by atoms with Crippen molar-refractivity contribution in [1.29, 1.82) is 0 Å². The first kappa shape index (κ1) is 18.1. The van der Waals surface area contributed by atoms with E-state index in [2.05, 4.69) is 0 Å². The van der Waals surface area contributed by atoms with Gasteiger partial charge in [0.25, 0.3) is 0 Å². The molecule has 0 aliphatic carbocycles. The molecule has 0 N–H and O–H groups in total. The van der Waals surface area contributed by atoms with Crippen LogP contribution in [0.25, 0.3) is 17.4 Å². The van der Waals surface area contributed by atoms with Crippen molar-refractivity contribution in [2.45, 2.75) is 0 Å². The minimum atomic E-state index is -0.400. The number of anilines is 1. The third-order valence-corrected chi connectivity index (χ3v) is 4.70. The number of ketones is 1. The molecule has 2 heterocycles. The molecule has 1 aliphatic heterocycles. The SMILES string of the molecule is O=C(/C=C/c1ccc(-c2ccccc2Cl)o1)c1cccc(N2CCOC2=O)c1. The van der Waals surface area contributed by atoms with Crippen LogP contribution in [0, 0.1) is 0 Å². The van der Waals surface area contributed by atoms with Crippen molar-refractivity contribution in [3.8, 4) is 11.3 Å². The molecule has 0 saturated carbocycles.